The summed E-state index contributed by atoms with van der Waals surface area (Å²) in [6.45, 7) is 0. The minimum Gasteiger partial charge on any atom is -0.508 e. The number of carboxylic acid groups (broad SMARTS) is 1. The highest BCUT2D eigenvalue weighted by atomic mass is 16.7. The molecule has 5 atom stereocenters. The van der Waals surface area contributed by atoms with Crippen LogP contribution >= 0.6 is 0 Å². The highest BCUT2D eigenvalue weighted by molar-refractivity contribution is 5.80. The van der Waals surface area contributed by atoms with E-state index in [-0.39, 0.29) is 22.8 Å². The first-order valence-corrected chi connectivity index (χ1v) is 8.78. The molecule has 7 N–H and O–H groups in total. The number of phenolic OH excluding ortho intramolecular Hbond substituents is 3. The smallest absolute Gasteiger partial charge is 0.335 e. The van der Waals surface area contributed by atoms with Crippen LogP contribution in [0.15, 0.2) is 48.7 Å². The van der Waals surface area contributed by atoms with Crippen molar-refractivity contribution in [3.63, 3.8) is 0 Å². The summed E-state index contributed by atoms with van der Waals surface area (Å²) in [5.74, 6) is -2.05. The zero-order chi connectivity index (χ0) is 22.0. The molecule has 1 saturated heterocycles. The van der Waals surface area contributed by atoms with Gasteiger partial charge in [-0.2, -0.15) is 0 Å². The van der Waals surface area contributed by atoms with Crippen molar-refractivity contribution in [1.29, 1.82) is 0 Å². The van der Waals surface area contributed by atoms with Crippen molar-refractivity contribution in [1.82, 2.24) is 0 Å². The minimum atomic E-state index is -1.86. The number of aliphatic hydroxyl groups excluding tert-OH is 3. The van der Waals surface area contributed by atoms with E-state index in [1.807, 2.05) is 0 Å². The van der Waals surface area contributed by atoms with Crippen LogP contribution in [0.4, 0.5) is 0 Å². The van der Waals surface area contributed by atoms with Gasteiger partial charge in [-0.15, -0.1) is 0 Å². The van der Waals surface area contributed by atoms with Gasteiger partial charge in [0.15, 0.2) is 6.10 Å². The molecule has 0 radical (unpaired) electrons. The Morgan fingerprint density at radius 1 is 0.833 bits per heavy atom. The highest BCUT2D eigenvalue weighted by Gasteiger charge is 2.47. The van der Waals surface area contributed by atoms with E-state index in [9.17, 15) is 35.4 Å². The molecule has 0 aromatic heterocycles. The van der Waals surface area contributed by atoms with Crippen molar-refractivity contribution in [3.05, 3.63) is 59.9 Å². The number of benzene rings is 2. The van der Waals surface area contributed by atoms with Crippen LogP contribution in [0, 0.1) is 0 Å². The fraction of sp³-hybridized carbons (Fsp3) is 0.250. The zero-order valence-corrected chi connectivity index (χ0v) is 15.4. The summed E-state index contributed by atoms with van der Waals surface area (Å²) in [4.78, 5) is 11.2. The van der Waals surface area contributed by atoms with Gasteiger partial charge in [0.1, 0.15) is 35.6 Å². The molecule has 0 spiro atoms. The first kappa shape index (κ1) is 21.4. The third kappa shape index (κ3) is 4.47. The maximum Gasteiger partial charge on any atom is 0.335 e. The fourth-order valence-corrected chi connectivity index (χ4v) is 2.99. The standard InChI is InChI=1S/C20H20O10/c21-11-3-1-9(2-4-11)14(10-5-12(22)7-13(23)6-10)8-29-20-17(26)15(24)16(25)18(30-20)19(27)28/h1-8,15-18,20-26H,(H,27,28)/b14-8+/t15-,16-,17+,18-,20?/m0/s1. The van der Waals surface area contributed by atoms with Crippen LogP contribution in [-0.4, -0.2) is 72.4 Å². The van der Waals surface area contributed by atoms with Crippen LogP contribution in [0.2, 0.25) is 0 Å². The first-order chi connectivity index (χ1) is 14.2. The maximum absolute atomic E-state index is 11.2. The molecular weight excluding hydrogens is 400 g/mol. The van der Waals surface area contributed by atoms with Gasteiger partial charge in [0.25, 0.3) is 0 Å². The molecule has 1 heterocycles. The fourth-order valence-electron chi connectivity index (χ4n) is 2.99. The molecule has 10 nitrogen and oxygen atoms in total. The zero-order valence-electron chi connectivity index (χ0n) is 15.4. The third-order valence-corrected chi connectivity index (χ3v) is 4.52. The van der Waals surface area contributed by atoms with Gasteiger partial charge >= 0.3 is 5.97 Å². The number of ether oxygens (including phenoxy) is 2. The van der Waals surface area contributed by atoms with E-state index >= 15 is 0 Å². The van der Waals surface area contributed by atoms with E-state index in [4.69, 9.17) is 14.6 Å². The normalized spacial score (nSPS) is 26.9. The maximum atomic E-state index is 11.2. The Balaban J connectivity index is 1.97. The lowest BCUT2D eigenvalue weighted by Crippen LogP contribution is -2.60. The van der Waals surface area contributed by atoms with E-state index in [1.165, 1.54) is 36.4 Å². The molecular formula is C20H20O10. The lowest BCUT2D eigenvalue weighted by molar-refractivity contribution is -0.280. The van der Waals surface area contributed by atoms with E-state index in [2.05, 4.69) is 0 Å². The van der Waals surface area contributed by atoms with Crippen molar-refractivity contribution < 1.29 is 50.0 Å². The van der Waals surface area contributed by atoms with Crippen LogP contribution in [0.3, 0.4) is 0 Å². The number of aliphatic carboxylic acids is 1. The summed E-state index contributed by atoms with van der Waals surface area (Å²) in [6, 6.07) is 9.56. The van der Waals surface area contributed by atoms with E-state index in [0.717, 1.165) is 12.3 Å². The van der Waals surface area contributed by atoms with Gasteiger partial charge in [-0.05, 0) is 35.4 Å². The molecule has 1 unspecified atom stereocenters. The van der Waals surface area contributed by atoms with Gasteiger partial charge in [0, 0.05) is 11.6 Å². The second-order valence-corrected chi connectivity index (χ2v) is 6.69. The number of carboxylic acids is 1. The Labute approximate surface area is 170 Å². The van der Waals surface area contributed by atoms with Crippen molar-refractivity contribution in [2.75, 3.05) is 0 Å². The SMILES string of the molecule is O=C(O)[C@H]1OC(O/C=C(\c2ccc(O)cc2)c2cc(O)cc(O)c2)[C@H](O)[C@@H](O)[C@@H]1O. The molecule has 0 amide bonds. The number of rotatable bonds is 5. The molecule has 160 valence electrons. The first-order valence-electron chi connectivity index (χ1n) is 8.78. The van der Waals surface area contributed by atoms with Gasteiger partial charge in [0.05, 0.1) is 6.26 Å². The van der Waals surface area contributed by atoms with Gasteiger partial charge in [0.2, 0.25) is 6.29 Å². The van der Waals surface area contributed by atoms with Gasteiger partial charge in [-0.1, -0.05) is 12.1 Å². The Bertz CT molecular complexity index is 919. The second-order valence-electron chi connectivity index (χ2n) is 6.69. The molecule has 3 rings (SSSR count). The van der Waals surface area contributed by atoms with E-state index in [1.54, 1.807) is 0 Å². The number of carbonyl (C=O) groups is 1. The monoisotopic (exact) mass is 420 g/mol. The molecule has 0 aliphatic carbocycles. The van der Waals surface area contributed by atoms with Crippen LogP contribution in [0.25, 0.3) is 5.57 Å². The number of aliphatic hydroxyl groups is 3. The van der Waals surface area contributed by atoms with Crippen molar-refractivity contribution in [2.24, 2.45) is 0 Å². The van der Waals surface area contributed by atoms with Crippen molar-refractivity contribution in [3.8, 4) is 17.2 Å². The molecule has 2 aromatic rings. The summed E-state index contributed by atoms with van der Waals surface area (Å²) in [5, 5.41) is 68.0. The molecule has 10 heteroatoms. The van der Waals surface area contributed by atoms with Gasteiger partial charge in [-0.3, -0.25) is 0 Å². The molecule has 30 heavy (non-hydrogen) atoms. The third-order valence-electron chi connectivity index (χ3n) is 4.52. The minimum absolute atomic E-state index is 0.00906. The van der Waals surface area contributed by atoms with Gasteiger partial charge < -0.3 is 45.2 Å². The molecule has 0 saturated carbocycles. The number of hydrogen-bond donors (Lipinski definition) is 7. The van der Waals surface area contributed by atoms with Crippen molar-refractivity contribution >= 4 is 11.5 Å². The summed E-state index contributed by atoms with van der Waals surface area (Å²) in [5.41, 5.74) is 1.03. The highest BCUT2D eigenvalue weighted by Crippen LogP contribution is 2.32. The second kappa shape index (κ2) is 8.59. The van der Waals surface area contributed by atoms with E-state index < -0.39 is 36.7 Å². The molecule has 0 bridgehead atoms. The van der Waals surface area contributed by atoms with Gasteiger partial charge in [-0.25, -0.2) is 4.79 Å². The Morgan fingerprint density at radius 2 is 1.43 bits per heavy atom. The summed E-state index contributed by atoms with van der Waals surface area (Å²) < 4.78 is 10.4. The van der Waals surface area contributed by atoms with Crippen LogP contribution in [-0.2, 0) is 14.3 Å². The molecule has 2 aromatic carbocycles. The number of hydrogen-bond acceptors (Lipinski definition) is 9. The quantitative estimate of drug-likeness (QED) is 0.328. The predicted molar refractivity (Wildman–Crippen MR) is 100 cm³/mol. The molecule has 1 fully saturated rings. The predicted octanol–water partition coefficient (Wildman–Crippen LogP) is 0.101. The lowest BCUT2D eigenvalue weighted by Gasteiger charge is -2.38. The van der Waals surface area contributed by atoms with Crippen LogP contribution in [0.1, 0.15) is 11.1 Å². The van der Waals surface area contributed by atoms with Crippen molar-refractivity contribution in [2.45, 2.75) is 30.7 Å². The molecule has 1 aliphatic heterocycles. The number of phenols is 3. The Hall–Kier alpha value is -3.31. The average molecular weight is 420 g/mol. The topological polar surface area (TPSA) is 177 Å². The van der Waals surface area contributed by atoms with Crippen LogP contribution in [0.5, 0.6) is 17.2 Å². The largest absolute Gasteiger partial charge is 0.508 e. The van der Waals surface area contributed by atoms with E-state index in [0.29, 0.717) is 11.1 Å². The average Bonchev–Trinajstić information content (AvgIpc) is 2.68. The number of aromatic hydroxyl groups is 3. The summed E-state index contributed by atoms with van der Waals surface area (Å²) >= 11 is 0. The Kier molecular flexibility index (Phi) is 6.13. The summed E-state index contributed by atoms with van der Waals surface area (Å²) in [6.07, 6.45) is -7.84. The van der Waals surface area contributed by atoms with Crippen LogP contribution < -0.4 is 0 Å². The lowest BCUT2D eigenvalue weighted by atomic mass is 9.98. The summed E-state index contributed by atoms with van der Waals surface area (Å²) in [7, 11) is 0. The molecule has 1 aliphatic rings. The Morgan fingerprint density at radius 3 is 2.00 bits per heavy atom.